The van der Waals surface area contributed by atoms with Crippen molar-refractivity contribution in [3.05, 3.63) is 64.7 Å². The molecule has 0 bridgehead atoms. The van der Waals surface area contributed by atoms with E-state index in [-0.39, 0.29) is 5.56 Å². The predicted octanol–water partition coefficient (Wildman–Crippen LogP) is 2.75. The highest BCUT2D eigenvalue weighted by Gasteiger charge is 2.64. The van der Waals surface area contributed by atoms with Gasteiger partial charge in [0.1, 0.15) is 5.75 Å². The number of benzene rings is 2. The molecule has 0 amide bonds. The first-order valence-electron chi connectivity index (χ1n) is 6.90. The summed E-state index contributed by atoms with van der Waals surface area (Å²) in [6.07, 6.45) is 0. The van der Waals surface area contributed by atoms with Crippen molar-refractivity contribution in [1.29, 1.82) is 0 Å². The van der Waals surface area contributed by atoms with Crippen LogP contribution >= 0.6 is 11.6 Å². The third-order valence-electron chi connectivity index (χ3n) is 3.95. The zero-order valence-electron chi connectivity index (χ0n) is 12.6. The van der Waals surface area contributed by atoms with Gasteiger partial charge in [-0.15, -0.1) is 0 Å². The highest BCUT2D eigenvalue weighted by Crippen LogP contribution is 2.46. The standard InChI is InChI=1S/C17H15ClO5/c1-21-16(20)15(19)13-5-3-4-6-14(13)23-17(16,22-2)11-7-9-12(18)10-8-11/h3-10,20H,1-2H3/t16-,17-/m0/s1. The third-order valence-corrected chi connectivity index (χ3v) is 4.20. The number of carbonyl (C=O) groups is 1. The van der Waals surface area contributed by atoms with Gasteiger partial charge < -0.3 is 19.3 Å². The molecule has 1 aliphatic heterocycles. The number of Topliss-reactive ketones (excluding diaryl/α,β-unsaturated/α-hetero) is 1. The van der Waals surface area contributed by atoms with Gasteiger partial charge in [0.05, 0.1) is 5.56 Å². The van der Waals surface area contributed by atoms with Crippen molar-refractivity contribution in [2.24, 2.45) is 0 Å². The number of halogens is 1. The van der Waals surface area contributed by atoms with E-state index in [1.54, 1.807) is 48.5 Å². The fraction of sp³-hybridized carbons (Fsp3) is 0.235. The molecule has 0 radical (unpaired) electrons. The highest BCUT2D eigenvalue weighted by atomic mass is 35.5. The van der Waals surface area contributed by atoms with Crippen molar-refractivity contribution in [3.8, 4) is 5.75 Å². The van der Waals surface area contributed by atoms with Crippen LogP contribution in [0.3, 0.4) is 0 Å². The molecule has 120 valence electrons. The molecule has 1 heterocycles. The second-order valence-corrected chi connectivity index (χ2v) is 5.54. The van der Waals surface area contributed by atoms with Crippen molar-refractivity contribution in [1.82, 2.24) is 0 Å². The Morgan fingerprint density at radius 2 is 1.70 bits per heavy atom. The van der Waals surface area contributed by atoms with E-state index in [0.717, 1.165) is 0 Å². The highest BCUT2D eigenvalue weighted by molar-refractivity contribution is 6.30. The van der Waals surface area contributed by atoms with Crippen molar-refractivity contribution < 1.29 is 24.1 Å². The molecule has 1 aliphatic rings. The lowest BCUT2D eigenvalue weighted by Crippen LogP contribution is -2.64. The van der Waals surface area contributed by atoms with E-state index in [2.05, 4.69) is 0 Å². The zero-order valence-corrected chi connectivity index (χ0v) is 13.3. The van der Waals surface area contributed by atoms with Gasteiger partial charge in [-0.05, 0) is 24.3 Å². The summed E-state index contributed by atoms with van der Waals surface area (Å²) in [6.45, 7) is 0. The van der Waals surface area contributed by atoms with E-state index >= 15 is 0 Å². The van der Waals surface area contributed by atoms with E-state index < -0.39 is 17.4 Å². The minimum Gasteiger partial charge on any atom is -0.451 e. The Morgan fingerprint density at radius 3 is 2.30 bits per heavy atom. The van der Waals surface area contributed by atoms with Crippen LogP contribution in [-0.4, -0.2) is 30.9 Å². The molecule has 0 saturated heterocycles. The van der Waals surface area contributed by atoms with E-state index in [4.69, 9.17) is 25.8 Å². The van der Waals surface area contributed by atoms with Crippen molar-refractivity contribution in [2.45, 2.75) is 11.6 Å². The average molecular weight is 335 g/mol. The molecule has 0 spiro atoms. The molecule has 2 atom stereocenters. The molecular formula is C17H15ClO5. The first-order chi connectivity index (χ1) is 11.0. The lowest BCUT2D eigenvalue weighted by molar-refractivity contribution is -0.346. The Hall–Kier alpha value is -1.92. The Balaban J connectivity index is 2.26. The quantitative estimate of drug-likeness (QED) is 0.874. The van der Waals surface area contributed by atoms with Gasteiger partial charge in [-0.2, -0.15) is 0 Å². The van der Waals surface area contributed by atoms with E-state index in [0.29, 0.717) is 16.3 Å². The number of carbonyl (C=O) groups excluding carboxylic acids is 1. The van der Waals surface area contributed by atoms with E-state index in [1.165, 1.54) is 14.2 Å². The molecule has 2 aromatic rings. The molecule has 0 fully saturated rings. The van der Waals surface area contributed by atoms with E-state index in [9.17, 15) is 9.90 Å². The average Bonchev–Trinajstić information content (AvgIpc) is 2.59. The van der Waals surface area contributed by atoms with Gasteiger partial charge in [-0.25, -0.2) is 0 Å². The maximum Gasteiger partial charge on any atom is 0.304 e. The lowest BCUT2D eigenvalue weighted by atomic mass is 9.86. The first kappa shape index (κ1) is 16.0. The van der Waals surface area contributed by atoms with Crippen LogP contribution in [0.2, 0.25) is 5.02 Å². The molecule has 0 unspecified atom stereocenters. The Labute approximate surface area is 138 Å². The maximum absolute atomic E-state index is 12.8. The molecule has 3 rings (SSSR count). The molecule has 2 aromatic carbocycles. The van der Waals surface area contributed by atoms with Crippen molar-refractivity contribution >= 4 is 17.4 Å². The van der Waals surface area contributed by atoms with Crippen LogP contribution in [0.1, 0.15) is 15.9 Å². The number of rotatable bonds is 3. The van der Waals surface area contributed by atoms with Gasteiger partial charge in [-0.1, -0.05) is 35.9 Å². The number of aliphatic hydroxyl groups is 1. The summed E-state index contributed by atoms with van der Waals surface area (Å²) in [5, 5.41) is 11.5. The van der Waals surface area contributed by atoms with E-state index in [1.807, 2.05) is 0 Å². The minimum atomic E-state index is -2.34. The summed E-state index contributed by atoms with van der Waals surface area (Å²) in [6, 6.07) is 13.0. The number of hydrogen-bond donors (Lipinski definition) is 1. The van der Waals surface area contributed by atoms with Gasteiger partial charge >= 0.3 is 5.79 Å². The summed E-state index contributed by atoms with van der Waals surface area (Å²) in [4.78, 5) is 12.8. The number of methoxy groups -OCH3 is 2. The number of ketones is 1. The SMILES string of the molecule is CO[C@@]1(c2ccc(Cl)cc2)Oc2ccccc2C(=O)[C@]1(O)OC. The summed E-state index contributed by atoms with van der Waals surface area (Å²) in [5.41, 5.74) is 0.620. The summed E-state index contributed by atoms with van der Waals surface area (Å²) >= 11 is 5.91. The van der Waals surface area contributed by atoms with Crippen LogP contribution in [0.25, 0.3) is 0 Å². The maximum atomic E-state index is 12.8. The smallest absolute Gasteiger partial charge is 0.304 e. The minimum absolute atomic E-state index is 0.221. The molecule has 0 aliphatic carbocycles. The van der Waals surface area contributed by atoms with Gasteiger partial charge in [0.25, 0.3) is 5.79 Å². The van der Waals surface area contributed by atoms with Crippen LogP contribution in [0.4, 0.5) is 0 Å². The van der Waals surface area contributed by atoms with Crippen LogP contribution in [-0.2, 0) is 15.3 Å². The molecule has 23 heavy (non-hydrogen) atoms. The lowest BCUT2D eigenvalue weighted by Gasteiger charge is -2.46. The van der Waals surface area contributed by atoms with Crippen LogP contribution in [0.5, 0.6) is 5.75 Å². The zero-order chi connectivity index (χ0) is 16.7. The fourth-order valence-electron chi connectivity index (χ4n) is 2.75. The number of hydrogen-bond acceptors (Lipinski definition) is 5. The van der Waals surface area contributed by atoms with Crippen molar-refractivity contribution in [2.75, 3.05) is 14.2 Å². The second-order valence-electron chi connectivity index (χ2n) is 5.10. The summed E-state index contributed by atoms with van der Waals surface area (Å²) in [7, 11) is 2.55. The Kier molecular flexibility index (Phi) is 3.90. The fourth-order valence-corrected chi connectivity index (χ4v) is 2.87. The molecular weight excluding hydrogens is 320 g/mol. The van der Waals surface area contributed by atoms with Gasteiger partial charge in [0.15, 0.2) is 0 Å². The third kappa shape index (κ3) is 2.16. The van der Waals surface area contributed by atoms with Crippen LogP contribution in [0, 0.1) is 0 Å². The Morgan fingerprint density at radius 1 is 1.04 bits per heavy atom. The second kappa shape index (κ2) is 5.62. The molecule has 5 nitrogen and oxygen atoms in total. The Bertz CT molecular complexity index is 745. The normalized spacial score (nSPS) is 26.5. The number of ether oxygens (including phenoxy) is 3. The monoisotopic (exact) mass is 334 g/mol. The molecule has 0 saturated carbocycles. The van der Waals surface area contributed by atoms with Crippen molar-refractivity contribution in [3.63, 3.8) is 0 Å². The first-order valence-corrected chi connectivity index (χ1v) is 7.28. The van der Waals surface area contributed by atoms with Gasteiger partial charge in [0, 0.05) is 24.8 Å². The predicted molar refractivity (Wildman–Crippen MR) is 83.5 cm³/mol. The van der Waals surface area contributed by atoms with Gasteiger partial charge in [-0.3, -0.25) is 4.79 Å². The summed E-state index contributed by atoms with van der Waals surface area (Å²) in [5.74, 6) is -4.53. The van der Waals surface area contributed by atoms with Crippen LogP contribution < -0.4 is 4.74 Å². The number of para-hydroxylation sites is 1. The molecule has 1 N–H and O–H groups in total. The van der Waals surface area contributed by atoms with Crippen LogP contribution in [0.15, 0.2) is 48.5 Å². The molecule has 6 heteroatoms. The summed E-state index contributed by atoms with van der Waals surface area (Å²) < 4.78 is 16.6. The topological polar surface area (TPSA) is 65.0 Å². The molecule has 0 aromatic heterocycles. The van der Waals surface area contributed by atoms with Gasteiger partial charge in [0.2, 0.25) is 5.78 Å². The largest absolute Gasteiger partial charge is 0.451 e. The number of fused-ring (bicyclic) bond motifs is 1.